The summed E-state index contributed by atoms with van der Waals surface area (Å²) >= 11 is 0. The molecule has 5 nitrogen and oxygen atoms in total. The van der Waals surface area contributed by atoms with Crippen LogP contribution in [0.4, 0.5) is 24.5 Å². The number of carbonyl (C=O) groups excluding carboxylic acids is 2. The minimum Gasteiger partial charge on any atom is -0.325 e. The number of carbonyl (C=O) groups is 2. The second-order valence-electron chi connectivity index (χ2n) is 6.61. The number of rotatable bonds is 4. The second-order valence-corrected chi connectivity index (χ2v) is 6.61. The molecular weight excluding hydrogens is 407 g/mol. The lowest BCUT2D eigenvalue weighted by molar-refractivity contribution is -0.137. The molecule has 9 heteroatoms. The molecule has 2 aromatic carbocycles. The fourth-order valence-electron chi connectivity index (χ4n) is 3.07. The molecule has 1 aliphatic heterocycles. The maximum Gasteiger partial charge on any atom is 0.416 e. The Kier molecular flexibility index (Phi) is 7.64. The predicted octanol–water partition coefficient (Wildman–Crippen LogP) is 4.32. The zero-order chi connectivity index (χ0) is 20.1. The Labute approximate surface area is 172 Å². The van der Waals surface area contributed by atoms with Crippen LogP contribution in [0.5, 0.6) is 0 Å². The number of nitrogens with one attached hydrogen (secondary N) is 3. The van der Waals surface area contributed by atoms with Gasteiger partial charge in [0.1, 0.15) is 0 Å². The highest BCUT2D eigenvalue weighted by Crippen LogP contribution is 2.31. The zero-order valence-electron chi connectivity index (χ0n) is 15.4. The van der Waals surface area contributed by atoms with Gasteiger partial charge in [-0.1, -0.05) is 18.2 Å². The highest BCUT2D eigenvalue weighted by molar-refractivity contribution is 6.10. The monoisotopic (exact) mass is 427 g/mol. The van der Waals surface area contributed by atoms with Gasteiger partial charge in [0.05, 0.1) is 22.7 Å². The van der Waals surface area contributed by atoms with Crippen LogP contribution in [-0.2, 0) is 11.0 Å². The highest BCUT2D eigenvalue weighted by Gasteiger charge is 2.30. The first-order chi connectivity index (χ1) is 13.3. The Morgan fingerprint density at radius 1 is 1.03 bits per heavy atom. The van der Waals surface area contributed by atoms with E-state index in [1.807, 2.05) is 0 Å². The summed E-state index contributed by atoms with van der Waals surface area (Å²) in [5, 5.41) is 8.38. The van der Waals surface area contributed by atoms with E-state index < -0.39 is 17.6 Å². The number of amides is 2. The number of anilines is 2. The average Bonchev–Trinajstić information content (AvgIpc) is 2.68. The van der Waals surface area contributed by atoms with Crippen molar-refractivity contribution in [3.8, 4) is 0 Å². The molecule has 3 rings (SSSR count). The third kappa shape index (κ3) is 5.95. The molecule has 0 aromatic heterocycles. The van der Waals surface area contributed by atoms with Gasteiger partial charge in [0, 0.05) is 12.2 Å². The SMILES string of the molecule is Cl.O=C(Nc1cccc(C(F)(F)F)c1)c1ccccc1NC(=O)C1CCCNC1. The van der Waals surface area contributed by atoms with Crippen LogP contribution < -0.4 is 16.0 Å². The molecule has 2 aromatic rings. The molecule has 1 heterocycles. The van der Waals surface area contributed by atoms with E-state index in [4.69, 9.17) is 0 Å². The molecule has 1 saturated heterocycles. The topological polar surface area (TPSA) is 70.2 Å². The van der Waals surface area contributed by atoms with Crippen molar-refractivity contribution in [1.29, 1.82) is 0 Å². The number of piperidine rings is 1. The van der Waals surface area contributed by atoms with Crippen molar-refractivity contribution >= 4 is 35.6 Å². The van der Waals surface area contributed by atoms with Crippen LogP contribution in [0.25, 0.3) is 0 Å². The molecule has 3 N–H and O–H groups in total. The van der Waals surface area contributed by atoms with E-state index in [0.717, 1.165) is 31.5 Å². The summed E-state index contributed by atoms with van der Waals surface area (Å²) in [6, 6.07) is 10.8. The van der Waals surface area contributed by atoms with E-state index in [2.05, 4.69) is 16.0 Å². The quantitative estimate of drug-likeness (QED) is 0.680. The molecule has 0 radical (unpaired) electrons. The minimum absolute atomic E-state index is 0. The molecule has 1 unspecified atom stereocenters. The molecule has 0 aliphatic carbocycles. The zero-order valence-corrected chi connectivity index (χ0v) is 16.2. The lowest BCUT2D eigenvalue weighted by atomic mass is 9.98. The highest BCUT2D eigenvalue weighted by atomic mass is 35.5. The van der Waals surface area contributed by atoms with Gasteiger partial charge in [0.2, 0.25) is 5.91 Å². The Morgan fingerprint density at radius 3 is 2.48 bits per heavy atom. The minimum atomic E-state index is -4.50. The lowest BCUT2D eigenvalue weighted by Gasteiger charge is -2.22. The van der Waals surface area contributed by atoms with Gasteiger partial charge in [-0.2, -0.15) is 13.2 Å². The van der Waals surface area contributed by atoms with Gasteiger partial charge in [-0.3, -0.25) is 9.59 Å². The normalized spacial score (nSPS) is 16.4. The summed E-state index contributed by atoms with van der Waals surface area (Å²) in [5.41, 5.74) is -0.325. The van der Waals surface area contributed by atoms with Crippen molar-refractivity contribution in [3.63, 3.8) is 0 Å². The molecule has 2 amide bonds. The molecule has 0 bridgehead atoms. The third-order valence-electron chi connectivity index (χ3n) is 4.54. The Morgan fingerprint density at radius 2 is 1.79 bits per heavy atom. The summed E-state index contributed by atoms with van der Waals surface area (Å²) in [5.74, 6) is -0.975. The number of halogens is 4. The largest absolute Gasteiger partial charge is 0.416 e. The van der Waals surface area contributed by atoms with Gasteiger partial charge in [-0.25, -0.2) is 0 Å². The first-order valence-electron chi connectivity index (χ1n) is 8.94. The van der Waals surface area contributed by atoms with E-state index in [1.165, 1.54) is 18.2 Å². The van der Waals surface area contributed by atoms with E-state index in [9.17, 15) is 22.8 Å². The Balaban J connectivity index is 0.00000300. The van der Waals surface area contributed by atoms with Crippen molar-refractivity contribution in [3.05, 3.63) is 59.7 Å². The first kappa shape index (κ1) is 22.7. The fraction of sp³-hybridized carbons (Fsp3) is 0.300. The molecule has 156 valence electrons. The Bertz CT molecular complexity index is 868. The standard InChI is InChI=1S/C20H20F3N3O2.ClH/c21-20(22,23)14-6-3-7-15(11-14)25-19(28)16-8-1-2-9-17(16)26-18(27)13-5-4-10-24-12-13;/h1-3,6-9,11,13,24H,4-5,10,12H2,(H,25,28)(H,26,27);1H. The van der Waals surface area contributed by atoms with Crippen LogP contribution in [0.15, 0.2) is 48.5 Å². The number of para-hydroxylation sites is 1. The second kappa shape index (κ2) is 9.76. The maximum absolute atomic E-state index is 12.8. The predicted molar refractivity (Wildman–Crippen MR) is 107 cm³/mol. The lowest BCUT2D eigenvalue weighted by Crippen LogP contribution is -2.37. The van der Waals surface area contributed by atoms with Crippen molar-refractivity contribution < 1.29 is 22.8 Å². The van der Waals surface area contributed by atoms with Gasteiger partial charge < -0.3 is 16.0 Å². The smallest absolute Gasteiger partial charge is 0.325 e. The van der Waals surface area contributed by atoms with Crippen LogP contribution in [0.1, 0.15) is 28.8 Å². The molecule has 1 atom stereocenters. The average molecular weight is 428 g/mol. The van der Waals surface area contributed by atoms with Crippen molar-refractivity contribution in [2.45, 2.75) is 19.0 Å². The van der Waals surface area contributed by atoms with Crippen LogP contribution in [0.2, 0.25) is 0 Å². The summed E-state index contributed by atoms with van der Waals surface area (Å²) in [6.45, 7) is 1.45. The number of hydrogen-bond acceptors (Lipinski definition) is 3. The van der Waals surface area contributed by atoms with E-state index in [0.29, 0.717) is 12.2 Å². The van der Waals surface area contributed by atoms with Gasteiger partial charge in [-0.05, 0) is 49.7 Å². The van der Waals surface area contributed by atoms with Crippen LogP contribution in [0, 0.1) is 5.92 Å². The number of alkyl halides is 3. The van der Waals surface area contributed by atoms with E-state index in [-0.39, 0.29) is 35.5 Å². The number of benzene rings is 2. The maximum atomic E-state index is 12.8. The fourth-order valence-corrected chi connectivity index (χ4v) is 3.07. The third-order valence-corrected chi connectivity index (χ3v) is 4.54. The van der Waals surface area contributed by atoms with Crippen molar-refractivity contribution in [2.24, 2.45) is 5.92 Å². The van der Waals surface area contributed by atoms with Gasteiger partial charge in [0.15, 0.2) is 0 Å². The Hall–Kier alpha value is -2.58. The summed E-state index contributed by atoms with van der Waals surface area (Å²) in [6.07, 6.45) is -2.84. The van der Waals surface area contributed by atoms with Gasteiger partial charge in [0.25, 0.3) is 5.91 Å². The first-order valence-corrected chi connectivity index (χ1v) is 8.94. The molecule has 1 fully saturated rings. The van der Waals surface area contributed by atoms with Crippen LogP contribution >= 0.6 is 12.4 Å². The van der Waals surface area contributed by atoms with Crippen LogP contribution in [0.3, 0.4) is 0 Å². The molecule has 0 saturated carbocycles. The van der Waals surface area contributed by atoms with E-state index >= 15 is 0 Å². The summed E-state index contributed by atoms with van der Waals surface area (Å²) < 4.78 is 38.5. The number of hydrogen-bond donors (Lipinski definition) is 3. The van der Waals surface area contributed by atoms with Crippen LogP contribution in [-0.4, -0.2) is 24.9 Å². The summed E-state index contributed by atoms with van der Waals surface area (Å²) in [7, 11) is 0. The molecule has 1 aliphatic rings. The van der Waals surface area contributed by atoms with Gasteiger partial charge >= 0.3 is 6.18 Å². The van der Waals surface area contributed by atoms with Gasteiger partial charge in [-0.15, -0.1) is 12.4 Å². The van der Waals surface area contributed by atoms with Crippen molar-refractivity contribution in [2.75, 3.05) is 23.7 Å². The molecule has 0 spiro atoms. The summed E-state index contributed by atoms with van der Waals surface area (Å²) in [4.78, 5) is 25.0. The van der Waals surface area contributed by atoms with E-state index in [1.54, 1.807) is 18.2 Å². The molecule has 29 heavy (non-hydrogen) atoms. The van der Waals surface area contributed by atoms with Crippen molar-refractivity contribution in [1.82, 2.24) is 5.32 Å². The molecular formula is C20H21ClF3N3O2.